The number of ether oxygens (including phenoxy) is 1. The highest BCUT2D eigenvalue weighted by molar-refractivity contribution is 6.10. The van der Waals surface area contributed by atoms with Crippen LogP contribution in [0.15, 0.2) is 48.0 Å². The maximum absolute atomic E-state index is 12.3. The Morgan fingerprint density at radius 2 is 2.12 bits per heavy atom. The normalized spacial score (nSPS) is 10.7. The van der Waals surface area contributed by atoms with Crippen molar-refractivity contribution in [2.24, 2.45) is 0 Å². The number of nitrogens with zero attached hydrogens (tertiary/aromatic N) is 2. The number of para-hydroxylation sites is 2. The molecule has 0 saturated carbocycles. The van der Waals surface area contributed by atoms with Gasteiger partial charge in [0.05, 0.1) is 17.2 Å². The summed E-state index contributed by atoms with van der Waals surface area (Å²) in [6.45, 7) is 2.21. The first-order valence-electron chi connectivity index (χ1n) is 7.58. The van der Waals surface area contributed by atoms with Crippen LogP contribution in [0.3, 0.4) is 0 Å². The minimum absolute atomic E-state index is 0.235. The molecule has 1 amide bonds. The van der Waals surface area contributed by atoms with Crippen molar-refractivity contribution in [2.75, 3.05) is 11.9 Å². The molecule has 8 nitrogen and oxygen atoms in total. The molecule has 0 fully saturated rings. The summed E-state index contributed by atoms with van der Waals surface area (Å²) < 4.78 is 5.40. The molecule has 0 atom stereocenters. The van der Waals surface area contributed by atoms with Crippen LogP contribution in [0.2, 0.25) is 0 Å². The van der Waals surface area contributed by atoms with Gasteiger partial charge in [0.1, 0.15) is 17.4 Å². The average molecular weight is 353 g/mol. The highest BCUT2D eigenvalue weighted by atomic mass is 16.6. The highest BCUT2D eigenvalue weighted by Crippen LogP contribution is 2.28. The van der Waals surface area contributed by atoms with Crippen molar-refractivity contribution >= 4 is 23.4 Å². The molecule has 0 spiro atoms. The van der Waals surface area contributed by atoms with Crippen LogP contribution in [0.4, 0.5) is 11.4 Å². The van der Waals surface area contributed by atoms with E-state index in [4.69, 9.17) is 4.74 Å². The number of phenols is 1. The van der Waals surface area contributed by atoms with Gasteiger partial charge in [0.2, 0.25) is 0 Å². The number of rotatable bonds is 6. The number of nitrogens with one attached hydrogen (secondary N) is 1. The molecule has 2 aromatic carbocycles. The number of anilines is 1. The van der Waals surface area contributed by atoms with Crippen LogP contribution in [0.1, 0.15) is 12.5 Å². The lowest BCUT2D eigenvalue weighted by molar-refractivity contribution is -0.385. The van der Waals surface area contributed by atoms with Crippen molar-refractivity contribution in [1.29, 1.82) is 5.26 Å². The monoisotopic (exact) mass is 353 g/mol. The zero-order valence-corrected chi connectivity index (χ0v) is 13.8. The Kier molecular flexibility index (Phi) is 5.90. The predicted octanol–water partition coefficient (Wildman–Crippen LogP) is 3.24. The lowest BCUT2D eigenvalue weighted by Crippen LogP contribution is -2.14. The van der Waals surface area contributed by atoms with E-state index in [1.165, 1.54) is 12.1 Å². The third-order valence-electron chi connectivity index (χ3n) is 3.31. The summed E-state index contributed by atoms with van der Waals surface area (Å²) in [5, 5.41) is 32.2. The van der Waals surface area contributed by atoms with Crippen LogP contribution in [-0.2, 0) is 4.79 Å². The van der Waals surface area contributed by atoms with E-state index >= 15 is 0 Å². The number of benzene rings is 2. The molecule has 0 radical (unpaired) electrons. The molecule has 0 bridgehead atoms. The van der Waals surface area contributed by atoms with Gasteiger partial charge in [0, 0.05) is 6.07 Å². The van der Waals surface area contributed by atoms with Crippen molar-refractivity contribution in [3.8, 4) is 17.6 Å². The molecule has 2 rings (SSSR count). The van der Waals surface area contributed by atoms with Gasteiger partial charge in [-0.3, -0.25) is 14.9 Å². The highest BCUT2D eigenvalue weighted by Gasteiger charge is 2.16. The van der Waals surface area contributed by atoms with Crippen LogP contribution in [0.5, 0.6) is 11.5 Å². The second-order valence-electron chi connectivity index (χ2n) is 5.06. The largest absolute Gasteiger partial charge is 0.502 e. The molecule has 2 aromatic rings. The summed E-state index contributed by atoms with van der Waals surface area (Å²) in [5.74, 6) is -0.725. The number of aromatic hydroxyl groups is 1. The molecule has 0 aliphatic rings. The first kappa shape index (κ1) is 18.5. The first-order valence-corrected chi connectivity index (χ1v) is 7.58. The van der Waals surface area contributed by atoms with Gasteiger partial charge in [-0.05, 0) is 36.8 Å². The molecule has 0 aromatic heterocycles. The molecule has 0 saturated heterocycles. The van der Waals surface area contributed by atoms with Crippen LogP contribution >= 0.6 is 0 Å². The average Bonchev–Trinajstić information content (AvgIpc) is 2.62. The minimum atomic E-state index is -0.753. The Balaban J connectivity index is 2.30. The fourth-order valence-electron chi connectivity index (χ4n) is 2.13. The topological polar surface area (TPSA) is 125 Å². The van der Waals surface area contributed by atoms with Crippen LogP contribution in [0, 0.1) is 21.4 Å². The van der Waals surface area contributed by atoms with Crippen molar-refractivity contribution in [2.45, 2.75) is 6.92 Å². The Morgan fingerprint density at radius 1 is 1.38 bits per heavy atom. The number of amides is 1. The van der Waals surface area contributed by atoms with E-state index in [1.807, 2.05) is 0 Å². The summed E-state index contributed by atoms with van der Waals surface area (Å²) in [4.78, 5) is 22.5. The van der Waals surface area contributed by atoms with E-state index in [2.05, 4.69) is 5.32 Å². The third-order valence-corrected chi connectivity index (χ3v) is 3.31. The van der Waals surface area contributed by atoms with E-state index in [0.29, 0.717) is 18.0 Å². The third kappa shape index (κ3) is 4.36. The molecule has 26 heavy (non-hydrogen) atoms. The van der Waals surface area contributed by atoms with E-state index in [9.17, 15) is 25.3 Å². The molecule has 132 valence electrons. The Morgan fingerprint density at radius 3 is 2.77 bits per heavy atom. The number of nitriles is 1. The maximum Gasteiger partial charge on any atom is 0.311 e. The molecule has 8 heteroatoms. The van der Waals surface area contributed by atoms with E-state index in [1.54, 1.807) is 37.3 Å². The van der Waals surface area contributed by atoms with Crippen molar-refractivity contribution in [3.05, 3.63) is 63.7 Å². The predicted molar refractivity (Wildman–Crippen MR) is 94.6 cm³/mol. The van der Waals surface area contributed by atoms with Crippen LogP contribution < -0.4 is 10.1 Å². The van der Waals surface area contributed by atoms with Crippen LogP contribution in [-0.4, -0.2) is 22.5 Å². The summed E-state index contributed by atoms with van der Waals surface area (Å²) in [6, 6.07) is 12.1. The number of carbonyl (C=O) groups is 1. The lowest BCUT2D eigenvalue weighted by atomic mass is 10.1. The number of nitro benzene ring substituents is 1. The van der Waals surface area contributed by atoms with Gasteiger partial charge in [-0.1, -0.05) is 18.2 Å². The second-order valence-corrected chi connectivity index (χ2v) is 5.06. The summed E-state index contributed by atoms with van der Waals surface area (Å²) in [7, 11) is 0. The maximum atomic E-state index is 12.3. The zero-order chi connectivity index (χ0) is 19.1. The molecule has 2 N–H and O–H groups in total. The quantitative estimate of drug-likeness (QED) is 0.355. The van der Waals surface area contributed by atoms with Gasteiger partial charge in [-0.25, -0.2) is 0 Å². The van der Waals surface area contributed by atoms with Crippen molar-refractivity contribution in [1.82, 2.24) is 0 Å². The molecular weight excluding hydrogens is 338 g/mol. The summed E-state index contributed by atoms with van der Waals surface area (Å²) in [5.41, 5.74) is -0.133. The van der Waals surface area contributed by atoms with Gasteiger partial charge in [0.25, 0.3) is 5.91 Å². The summed E-state index contributed by atoms with van der Waals surface area (Å²) >= 11 is 0. The van der Waals surface area contributed by atoms with Crippen molar-refractivity contribution in [3.63, 3.8) is 0 Å². The van der Waals surface area contributed by atoms with Gasteiger partial charge in [0.15, 0.2) is 5.75 Å². The molecule has 0 aliphatic carbocycles. The summed E-state index contributed by atoms with van der Waals surface area (Å²) in [6.07, 6.45) is 1.20. The lowest BCUT2D eigenvalue weighted by Gasteiger charge is -2.10. The molecular formula is C18H15N3O5. The number of hydrogen-bond acceptors (Lipinski definition) is 6. The second kappa shape index (κ2) is 8.30. The smallest absolute Gasteiger partial charge is 0.311 e. The van der Waals surface area contributed by atoms with E-state index in [0.717, 1.165) is 12.1 Å². The number of phenolic OH excluding ortho intramolecular Hbond substituents is 1. The standard InChI is InChI=1S/C18H15N3O5/c1-2-26-17-6-4-3-5-14(17)20-18(23)13(11-19)9-12-7-8-16(22)15(10-12)21(24)25/h3-10,22H,2H2,1H3,(H,20,23)/b13-9+. The van der Waals surface area contributed by atoms with Gasteiger partial charge >= 0.3 is 5.69 Å². The van der Waals surface area contributed by atoms with Gasteiger partial charge in [-0.2, -0.15) is 5.26 Å². The molecule has 0 heterocycles. The van der Waals surface area contributed by atoms with E-state index in [-0.39, 0.29) is 11.1 Å². The fourth-order valence-corrected chi connectivity index (χ4v) is 2.13. The number of carbonyl (C=O) groups excluding carboxylic acids is 1. The Bertz CT molecular complexity index is 915. The minimum Gasteiger partial charge on any atom is -0.502 e. The fraction of sp³-hybridized carbons (Fsp3) is 0.111. The number of nitro groups is 1. The Labute approximate surface area is 149 Å². The van der Waals surface area contributed by atoms with Gasteiger partial charge in [-0.15, -0.1) is 0 Å². The molecule has 0 aliphatic heterocycles. The van der Waals surface area contributed by atoms with Gasteiger partial charge < -0.3 is 15.2 Å². The van der Waals surface area contributed by atoms with E-state index < -0.39 is 22.3 Å². The van der Waals surface area contributed by atoms with Crippen LogP contribution in [0.25, 0.3) is 6.08 Å². The Hall–Kier alpha value is -3.86. The number of hydrogen-bond donors (Lipinski definition) is 2. The van der Waals surface area contributed by atoms with Crippen molar-refractivity contribution < 1.29 is 19.6 Å². The zero-order valence-electron chi connectivity index (χ0n) is 13.8. The molecule has 0 unspecified atom stereocenters. The SMILES string of the molecule is CCOc1ccccc1NC(=O)/C(C#N)=C/c1ccc(O)c([N+](=O)[O-])c1. The first-order chi connectivity index (χ1) is 12.5.